The molecular weight excluding hydrogens is 233 g/mol. The third-order valence-electron chi connectivity index (χ3n) is 2.32. The second kappa shape index (κ2) is 4.12. The first-order valence-corrected chi connectivity index (χ1v) is 4.77. The molecule has 0 bridgehead atoms. The number of hydrogen-bond donors (Lipinski definition) is 1. The van der Waals surface area contributed by atoms with Crippen molar-refractivity contribution in [3.05, 3.63) is 36.2 Å². The SMILES string of the molecule is COc1ccc(-c2cn[nH]c2C(F)(F)F)cc1. The molecule has 2 rings (SSSR count). The average molecular weight is 242 g/mol. The van der Waals surface area contributed by atoms with Crippen molar-refractivity contribution in [3.63, 3.8) is 0 Å². The predicted molar refractivity (Wildman–Crippen MR) is 55.6 cm³/mol. The van der Waals surface area contributed by atoms with E-state index in [2.05, 4.69) is 5.10 Å². The van der Waals surface area contributed by atoms with E-state index in [1.54, 1.807) is 24.3 Å². The van der Waals surface area contributed by atoms with Gasteiger partial charge in [0.25, 0.3) is 0 Å². The fraction of sp³-hybridized carbons (Fsp3) is 0.182. The van der Waals surface area contributed by atoms with Gasteiger partial charge < -0.3 is 4.74 Å². The minimum atomic E-state index is -4.44. The van der Waals surface area contributed by atoms with Crippen LogP contribution in [0.5, 0.6) is 5.75 Å². The highest BCUT2D eigenvalue weighted by Gasteiger charge is 2.35. The second-order valence-corrected chi connectivity index (χ2v) is 3.38. The van der Waals surface area contributed by atoms with Crippen LogP contribution in [0.4, 0.5) is 13.2 Å². The number of H-pyrrole nitrogens is 1. The molecule has 1 aromatic carbocycles. The molecule has 0 atom stereocenters. The Kier molecular flexibility index (Phi) is 2.79. The molecule has 0 radical (unpaired) electrons. The van der Waals surface area contributed by atoms with Gasteiger partial charge in [0.2, 0.25) is 0 Å². The molecule has 0 aliphatic carbocycles. The second-order valence-electron chi connectivity index (χ2n) is 3.38. The molecule has 0 aliphatic heterocycles. The summed E-state index contributed by atoms with van der Waals surface area (Å²) >= 11 is 0. The van der Waals surface area contributed by atoms with Crippen LogP contribution in [-0.4, -0.2) is 17.3 Å². The van der Waals surface area contributed by atoms with E-state index in [1.807, 2.05) is 5.10 Å². The number of nitrogens with zero attached hydrogens (tertiary/aromatic N) is 1. The number of halogens is 3. The Morgan fingerprint density at radius 1 is 1.18 bits per heavy atom. The molecule has 2 aromatic rings. The lowest BCUT2D eigenvalue weighted by Gasteiger charge is -2.07. The smallest absolute Gasteiger partial charge is 0.433 e. The van der Waals surface area contributed by atoms with Crippen LogP contribution in [-0.2, 0) is 6.18 Å². The molecule has 0 unspecified atom stereocenters. The molecule has 0 fully saturated rings. The van der Waals surface area contributed by atoms with Crippen LogP contribution in [0, 0.1) is 0 Å². The Hall–Kier alpha value is -1.98. The van der Waals surface area contributed by atoms with Gasteiger partial charge in [-0.1, -0.05) is 12.1 Å². The number of nitrogens with one attached hydrogen (secondary N) is 1. The standard InChI is InChI=1S/C11H9F3N2O/c1-17-8-4-2-7(3-5-8)9-6-15-16-10(9)11(12,13)14/h2-6H,1H3,(H,15,16). The largest absolute Gasteiger partial charge is 0.497 e. The van der Waals surface area contributed by atoms with Crippen LogP contribution in [0.1, 0.15) is 5.69 Å². The monoisotopic (exact) mass is 242 g/mol. The maximum atomic E-state index is 12.6. The molecule has 0 saturated heterocycles. The number of aromatic amines is 1. The summed E-state index contributed by atoms with van der Waals surface area (Å²) in [6.45, 7) is 0. The predicted octanol–water partition coefficient (Wildman–Crippen LogP) is 3.10. The van der Waals surface area contributed by atoms with Crippen molar-refractivity contribution < 1.29 is 17.9 Å². The van der Waals surface area contributed by atoms with Crippen LogP contribution in [0.25, 0.3) is 11.1 Å². The summed E-state index contributed by atoms with van der Waals surface area (Å²) in [4.78, 5) is 0. The number of hydrogen-bond acceptors (Lipinski definition) is 2. The molecule has 0 amide bonds. The number of rotatable bonds is 2. The zero-order chi connectivity index (χ0) is 12.5. The molecule has 0 saturated carbocycles. The van der Waals surface area contributed by atoms with E-state index < -0.39 is 11.9 Å². The first-order valence-electron chi connectivity index (χ1n) is 4.77. The maximum Gasteiger partial charge on any atom is 0.433 e. The molecule has 1 N–H and O–H groups in total. The zero-order valence-electron chi connectivity index (χ0n) is 8.88. The van der Waals surface area contributed by atoms with Crippen LogP contribution in [0.15, 0.2) is 30.5 Å². The number of benzene rings is 1. The van der Waals surface area contributed by atoms with Gasteiger partial charge in [0.1, 0.15) is 11.4 Å². The van der Waals surface area contributed by atoms with Crippen molar-refractivity contribution in [1.82, 2.24) is 10.2 Å². The van der Waals surface area contributed by atoms with Gasteiger partial charge in [0.05, 0.1) is 13.3 Å². The number of methoxy groups -OCH3 is 1. The molecule has 17 heavy (non-hydrogen) atoms. The van der Waals surface area contributed by atoms with E-state index in [0.717, 1.165) is 6.20 Å². The maximum absolute atomic E-state index is 12.6. The molecule has 1 aromatic heterocycles. The van der Waals surface area contributed by atoms with Crippen molar-refractivity contribution in [2.24, 2.45) is 0 Å². The van der Waals surface area contributed by atoms with Crippen molar-refractivity contribution in [2.45, 2.75) is 6.18 Å². The zero-order valence-corrected chi connectivity index (χ0v) is 8.88. The lowest BCUT2D eigenvalue weighted by Crippen LogP contribution is -2.07. The van der Waals surface area contributed by atoms with Gasteiger partial charge in [-0.3, -0.25) is 5.10 Å². The fourth-order valence-corrected chi connectivity index (χ4v) is 1.49. The summed E-state index contributed by atoms with van der Waals surface area (Å²) in [6, 6.07) is 6.31. The van der Waals surface area contributed by atoms with Crippen LogP contribution in [0.2, 0.25) is 0 Å². The van der Waals surface area contributed by atoms with Gasteiger partial charge in [0, 0.05) is 5.56 Å². The quantitative estimate of drug-likeness (QED) is 0.878. The fourth-order valence-electron chi connectivity index (χ4n) is 1.49. The minimum Gasteiger partial charge on any atom is -0.497 e. The average Bonchev–Trinajstić information content (AvgIpc) is 2.78. The highest BCUT2D eigenvalue weighted by molar-refractivity contribution is 5.66. The van der Waals surface area contributed by atoms with Gasteiger partial charge in [0.15, 0.2) is 0 Å². The molecule has 0 aliphatic rings. The van der Waals surface area contributed by atoms with Crippen molar-refractivity contribution >= 4 is 0 Å². The molecule has 0 spiro atoms. The van der Waals surface area contributed by atoms with Gasteiger partial charge in [-0.25, -0.2) is 0 Å². The van der Waals surface area contributed by atoms with Gasteiger partial charge >= 0.3 is 6.18 Å². The molecule has 3 nitrogen and oxygen atoms in total. The molecule has 1 heterocycles. The Morgan fingerprint density at radius 3 is 2.35 bits per heavy atom. The minimum absolute atomic E-state index is 0.0279. The Balaban J connectivity index is 2.43. The van der Waals surface area contributed by atoms with Crippen LogP contribution < -0.4 is 4.74 Å². The Bertz CT molecular complexity index is 502. The van der Waals surface area contributed by atoms with E-state index >= 15 is 0 Å². The van der Waals surface area contributed by atoms with E-state index in [9.17, 15) is 13.2 Å². The van der Waals surface area contributed by atoms with Crippen molar-refractivity contribution in [2.75, 3.05) is 7.11 Å². The van der Waals surface area contributed by atoms with Crippen molar-refractivity contribution in [1.29, 1.82) is 0 Å². The van der Waals surface area contributed by atoms with E-state index in [-0.39, 0.29) is 5.56 Å². The summed E-state index contributed by atoms with van der Waals surface area (Å²) in [5.74, 6) is 0.589. The van der Waals surface area contributed by atoms with E-state index in [1.165, 1.54) is 7.11 Å². The number of aromatic nitrogens is 2. The summed E-state index contributed by atoms with van der Waals surface area (Å²) in [6.07, 6.45) is -3.28. The Morgan fingerprint density at radius 2 is 1.82 bits per heavy atom. The third-order valence-corrected chi connectivity index (χ3v) is 2.32. The lowest BCUT2D eigenvalue weighted by molar-refractivity contribution is -0.140. The number of ether oxygens (including phenoxy) is 1. The van der Waals surface area contributed by atoms with Gasteiger partial charge in [-0.05, 0) is 17.7 Å². The highest BCUT2D eigenvalue weighted by atomic mass is 19.4. The van der Waals surface area contributed by atoms with Crippen molar-refractivity contribution in [3.8, 4) is 16.9 Å². The van der Waals surface area contributed by atoms with Crippen LogP contribution in [0.3, 0.4) is 0 Å². The third kappa shape index (κ3) is 2.25. The van der Waals surface area contributed by atoms with E-state index in [0.29, 0.717) is 11.3 Å². The summed E-state index contributed by atoms with van der Waals surface area (Å²) in [7, 11) is 1.49. The first-order chi connectivity index (χ1) is 8.02. The van der Waals surface area contributed by atoms with Gasteiger partial charge in [-0.15, -0.1) is 0 Å². The number of alkyl halides is 3. The molecular formula is C11H9F3N2O. The summed E-state index contributed by atoms with van der Waals surface area (Å²) < 4.78 is 42.8. The first kappa shape index (κ1) is 11.5. The highest BCUT2D eigenvalue weighted by Crippen LogP contribution is 2.35. The summed E-state index contributed by atoms with van der Waals surface area (Å²) in [5.41, 5.74) is -0.380. The topological polar surface area (TPSA) is 37.9 Å². The van der Waals surface area contributed by atoms with Crippen LogP contribution >= 0.6 is 0 Å². The molecule has 6 heteroatoms. The molecule has 90 valence electrons. The van der Waals surface area contributed by atoms with E-state index in [4.69, 9.17) is 4.74 Å². The normalized spacial score (nSPS) is 11.5. The Labute approximate surface area is 95.2 Å². The van der Waals surface area contributed by atoms with Gasteiger partial charge in [-0.2, -0.15) is 18.3 Å². The summed E-state index contributed by atoms with van der Waals surface area (Å²) in [5, 5.41) is 5.40. The lowest BCUT2D eigenvalue weighted by atomic mass is 10.1.